The van der Waals surface area contributed by atoms with Gasteiger partial charge in [-0.1, -0.05) is 0 Å². The van der Waals surface area contributed by atoms with Crippen LogP contribution in [0.1, 0.15) is 23.7 Å². The summed E-state index contributed by atoms with van der Waals surface area (Å²) in [7, 11) is 0. The van der Waals surface area contributed by atoms with Gasteiger partial charge in [-0.05, 0) is 31.2 Å². The third-order valence-corrected chi connectivity index (χ3v) is 3.77. The summed E-state index contributed by atoms with van der Waals surface area (Å²) < 4.78 is 5.24. The van der Waals surface area contributed by atoms with E-state index in [4.69, 9.17) is 10.2 Å². The molecule has 0 amide bonds. The van der Waals surface area contributed by atoms with Crippen molar-refractivity contribution in [3.8, 4) is 11.3 Å². The highest BCUT2D eigenvalue weighted by Crippen LogP contribution is 2.20. The van der Waals surface area contributed by atoms with E-state index in [2.05, 4.69) is 20.5 Å². The van der Waals surface area contributed by atoms with E-state index in [-0.39, 0.29) is 6.04 Å². The van der Waals surface area contributed by atoms with Crippen molar-refractivity contribution in [2.24, 2.45) is 10.8 Å². The summed E-state index contributed by atoms with van der Waals surface area (Å²) >= 11 is 1.51. The lowest BCUT2D eigenvalue weighted by atomic mass is 10.2. The third-order valence-electron chi connectivity index (χ3n) is 2.98. The monoisotopic (exact) mass is 313 g/mol. The molecule has 7 heteroatoms. The van der Waals surface area contributed by atoms with Gasteiger partial charge in [-0.2, -0.15) is 5.10 Å². The van der Waals surface area contributed by atoms with Crippen LogP contribution in [0, 0.1) is 0 Å². The van der Waals surface area contributed by atoms with E-state index in [9.17, 15) is 0 Å². The number of oxazole rings is 1. The summed E-state index contributed by atoms with van der Waals surface area (Å²) in [5, 5.41) is 6.93. The number of benzene rings is 1. The first-order valence-corrected chi connectivity index (χ1v) is 7.59. The van der Waals surface area contributed by atoms with E-state index >= 15 is 0 Å². The average Bonchev–Trinajstić information content (AvgIpc) is 3.19. The Bertz CT molecular complexity index is 747. The molecule has 22 heavy (non-hydrogen) atoms. The fourth-order valence-corrected chi connectivity index (χ4v) is 2.58. The van der Waals surface area contributed by atoms with Gasteiger partial charge in [0.25, 0.3) is 0 Å². The Morgan fingerprint density at radius 2 is 2.18 bits per heavy atom. The van der Waals surface area contributed by atoms with Gasteiger partial charge in [-0.3, -0.25) is 5.43 Å². The second kappa shape index (κ2) is 6.50. The molecule has 1 aromatic carbocycles. The van der Waals surface area contributed by atoms with Crippen molar-refractivity contribution in [3.05, 3.63) is 52.9 Å². The molecule has 3 aromatic rings. The van der Waals surface area contributed by atoms with Gasteiger partial charge >= 0.3 is 0 Å². The fourth-order valence-electron chi connectivity index (χ4n) is 1.80. The van der Waals surface area contributed by atoms with Crippen molar-refractivity contribution in [1.82, 2.24) is 9.97 Å². The van der Waals surface area contributed by atoms with Crippen molar-refractivity contribution >= 4 is 23.2 Å². The van der Waals surface area contributed by atoms with E-state index in [1.807, 2.05) is 36.6 Å². The maximum absolute atomic E-state index is 5.77. The summed E-state index contributed by atoms with van der Waals surface area (Å²) in [5.41, 5.74) is 11.5. The van der Waals surface area contributed by atoms with Gasteiger partial charge < -0.3 is 10.2 Å². The van der Waals surface area contributed by atoms with Crippen molar-refractivity contribution in [1.29, 1.82) is 0 Å². The minimum Gasteiger partial charge on any atom is -0.444 e. The SMILES string of the molecule is CC(N)c1csc(/C=N/Nc2ccc(-c3cnco3)cc2)n1. The molecule has 0 aliphatic heterocycles. The van der Waals surface area contributed by atoms with Gasteiger partial charge in [0, 0.05) is 17.0 Å². The second-order valence-electron chi connectivity index (χ2n) is 4.71. The average molecular weight is 313 g/mol. The predicted octanol–water partition coefficient (Wildman–Crippen LogP) is 3.26. The maximum atomic E-state index is 5.77. The summed E-state index contributed by atoms with van der Waals surface area (Å²) in [6.07, 6.45) is 4.77. The van der Waals surface area contributed by atoms with Crippen LogP contribution in [-0.4, -0.2) is 16.2 Å². The van der Waals surface area contributed by atoms with Gasteiger partial charge in [0.15, 0.2) is 12.2 Å². The molecule has 112 valence electrons. The van der Waals surface area contributed by atoms with Crippen LogP contribution in [0.15, 0.2) is 51.8 Å². The minimum absolute atomic E-state index is 0.0602. The molecule has 0 spiro atoms. The first-order valence-electron chi connectivity index (χ1n) is 6.71. The van der Waals surface area contributed by atoms with Crippen molar-refractivity contribution in [2.45, 2.75) is 13.0 Å². The number of hydrogen-bond donors (Lipinski definition) is 2. The van der Waals surface area contributed by atoms with Crippen LogP contribution in [-0.2, 0) is 0 Å². The number of nitrogens with one attached hydrogen (secondary N) is 1. The first-order chi connectivity index (χ1) is 10.7. The summed E-state index contributed by atoms with van der Waals surface area (Å²) in [4.78, 5) is 8.27. The number of rotatable bonds is 5. The Labute approximate surface area is 131 Å². The Kier molecular flexibility index (Phi) is 4.27. The number of hydrogen-bond acceptors (Lipinski definition) is 7. The summed E-state index contributed by atoms with van der Waals surface area (Å²) in [5.74, 6) is 0.737. The molecule has 1 unspecified atom stereocenters. The van der Waals surface area contributed by atoms with Crippen LogP contribution < -0.4 is 11.2 Å². The number of thiazole rings is 1. The molecule has 0 saturated carbocycles. The van der Waals surface area contributed by atoms with Gasteiger partial charge in [0.05, 0.1) is 23.8 Å². The van der Waals surface area contributed by atoms with Crippen LogP contribution in [0.25, 0.3) is 11.3 Å². The molecule has 2 aromatic heterocycles. The molecule has 3 N–H and O–H groups in total. The van der Waals surface area contributed by atoms with Crippen molar-refractivity contribution in [2.75, 3.05) is 5.43 Å². The topological polar surface area (TPSA) is 89.3 Å². The maximum Gasteiger partial charge on any atom is 0.181 e. The number of nitrogens with two attached hydrogens (primary N) is 1. The van der Waals surface area contributed by atoms with Crippen LogP contribution in [0.3, 0.4) is 0 Å². The zero-order valence-corrected chi connectivity index (χ0v) is 12.7. The largest absolute Gasteiger partial charge is 0.444 e. The van der Waals surface area contributed by atoms with E-state index in [1.165, 1.54) is 17.7 Å². The molecule has 0 aliphatic rings. The molecule has 3 rings (SSSR count). The zero-order valence-electron chi connectivity index (χ0n) is 11.9. The third kappa shape index (κ3) is 3.38. The van der Waals surface area contributed by atoms with Gasteiger partial charge in [-0.25, -0.2) is 9.97 Å². The number of hydrazone groups is 1. The van der Waals surface area contributed by atoms with Gasteiger partial charge in [0.2, 0.25) is 0 Å². The highest BCUT2D eigenvalue weighted by Gasteiger charge is 2.04. The molecular weight excluding hydrogens is 298 g/mol. The summed E-state index contributed by atoms with van der Waals surface area (Å²) in [6.45, 7) is 1.91. The fraction of sp³-hybridized carbons (Fsp3) is 0.133. The Morgan fingerprint density at radius 3 is 2.82 bits per heavy atom. The number of anilines is 1. The molecular formula is C15H15N5OS. The first kappa shape index (κ1) is 14.4. The quantitative estimate of drug-likeness (QED) is 0.557. The van der Waals surface area contributed by atoms with Crippen LogP contribution in [0.2, 0.25) is 0 Å². The highest BCUT2D eigenvalue weighted by molar-refractivity contribution is 7.11. The molecule has 0 aliphatic carbocycles. The smallest absolute Gasteiger partial charge is 0.181 e. The van der Waals surface area contributed by atoms with Gasteiger partial charge in [-0.15, -0.1) is 11.3 Å². The molecule has 0 saturated heterocycles. The van der Waals surface area contributed by atoms with Crippen LogP contribution >= 0.6 is 11.3 Å². The molecule has 0 radical (unpaired) electrons. The lowest BCUT2D eigenvalue weighted by Gasteiger charge is -2.01. The molecule has 0 bridgehead atoms. The predicted molar refractivity (Wildman–Crippen MR) is 87.9 cm³/mol. The van der Waals surface area contributed by atoms with E-state index in [0.717, 1.165) is 27.7 Å². The van der Waals surface area contributed by atoms with Gasteiger partial charge in [0.1, 0.15) is 5.01 Å². The van der Waals surface area contributed by atoms with E-state index in [1.54, 1.807) is 12.4 Å². The minimum atomic E-state index is -0.0602. The van der Waals surface area contributed by atoms with Crippen LogP contribution in [0.5, 0.6) is 0 Å². The second-order valence-corrected chi connectivity index (χ2v) is 5.60. The van der Waals surface area contributed by atoms with E-state index < -0.39 is 0 Å². The molecule has 0 fully saturated rings. The lowest BCUT2D eigenvalue weighted by molar-refractivity contribution is 0.572. The Morgan fingerprint density at radius 1 is 1.36 bits per heavy atom. The summed E-state index contributed by atoms with van der Waals surface area (Å²) in [6, 6.07) is 7.66. The zero-order chi connectivity index (χ0) is 15.4. The number of nitrogens with zero attached hydrogens (tertiary/aromatic N) is 3. The standard InChI is InChI=1S/C15H15N5OS/c1-10(16)13-8-22-15(19-13)7-18-20-12-4-2-11(3-5-12)14-6-17-9-21-14/h2-10,20H,16H2,1H3/b18-7+. The van der Waals surface area contributed by atoms with Crippen LogP contribution in [0.4, 0.5) is 5.69 Å². The Hall–Kier alpha value is -2.51. The van der Waals surface area contributed by atoms with Crippen molar-refractivity contribution < 1.29 is 4.42 Å². The van der Waals surface area contributed by atoms with Crippen molar-refractivity contribution in [3.63, 3.8) is 0 Å². The molecule has 6 nitrogen and oxygen atoms in total. The van der Waals surface area contributed by atoms with E-state index in [0.29, 0.717) is 0 Å². The highest BCUT2D eigenvalue weighted by atomic mass is 32.1. The molecule has 1 atom stereocenters. The normalized spacial score (nSPS) is 12.6. The Balaban J connectivity index is 1.62. The lowest BCUT2D eigenvalue weighted by Crippen LogP contribution is -2.05. The number of aromatic nitrogens is 2. The molecule has 2 heterocycles.